The second kappa shape index (κ2) is 8.26. The van der Waals surface area contributed by atoms with Gasteiger partial charge in [0.2, 0.25) is 0 Å². The van der Waals surface area contributed by atoms with Crippen molar-refractivity contribution >= 4 is 26.5 Å². The molecule has 1 heterocycles. The first-order valence-corrected chi connectivity index (χ1v) is 13.7. The molecule has 0 aliphatic carbocycles. The molecule has 0 unspecified atom stereocenters. The predicted molar refractivity (Wildman–Crippen MR) is 124 cm³/mol. The van der Waals surface area contributed by atoms with Gasteiger partial charge in [0.1, 0.15) is 0 Å². The lowest BCUT2D eigenvalue weighted by atomic mass is 9.78. The number of halogens is 3. The van der Waals surface area contributed by atoms with Gasteiger partial charge in [-0.1, -0.05) is 66.8 Å². The van der Waals surface area contributed by atoms with E-state index in [1.165, 1.54) is 17.3 Å². The molecule has 2 nitrogen and oxygen atoms in total. The van der Waals surface area contributed by atoms with E-state index in [4.69, 9.17) is 9.31 Å². The quantitative estimate of drug-likeness (QED) is 0.500. The van der Waals surface area contributed by atoms with Crippen LogP contribution in [0.4, 0.5) is 13.2 Å². The lowest BCUT2D eigenvalue weighted by molar-refractivity contribution is -0.137. The number of hydrogen-bond acceptors (Lipinski definition) is 2. The molecule has 0 spiro atoms. The molecule has 1 fully saturated rings. The van der Waals surface area contributed by atoms with Gasteiger partial charge in [0.15, 0.2) is 0 Å². The van der Waals surface area contributed by atoms with Crippen LogP contribution in [0.15, 0.2) is 60.1 Å². The fourth-order valence-electron chi connectivity index (χ4n) is 3.68. The molecule has 0 amide bonds. The molecule has 2 aromatic rings. The summed E-state index contributed by atoms with van der Waals surface area (Å²) in [4.78, 5) is 0. The van der Waals surface area contributed by atoms with E-state index < -0.39 is 38.1 Å². The van der Waals surface area contributed by atoms with E-state index in [9.17, 15) is 13.2 Å². The average Bonchev–Trinajstić information content (AvgIpc) is 2.89. The zero-order valence-electron chi connectivity index (χ0n) is 19.0. The summed E-state index contributed by atoms with van der Waals surface area (Å²) in [6.45, 7) is 12.6. The minimum absolute atomic E-state index is 0.491. The summed E-state index contributed by atoms with van der Waals surface area (Å²) < 4.78 is 51.5. The second-order valence-corrected chi connectivity index (χ2v) is 14.6. The molecular formula is C24H30BF3O2Si. The highest BCUT2D eigenvalue weighted by molar-refractivity contribution is 6.91. The SMILES string of the molecule is CC1(C)OB(/C(=C\c2ccc(C(F)(F)F)cc2)C[Si](C)(C)c2ccccc2)OC1(C)C. The summed E-state index contributed by atoms with van der Waals surface area (Å²) in [7, 11) is -2.44. The van der Waals surface area contributed by atoms with E-state index in [0.717, 1.165) is 23.6 Å². The molecule has 1 saturated heterocycles. The van der Waals surface area contributed by atoms with Crippen molar-refractivity contribution in [2.45, 2.75) is 64.2 Å². The Hall–Kier alpha value is -1.83. The number of rotatable bonds is 5. The monoisotopic (exact) mass is 446 g/mol. The first-order chi connectivity index (χ1) is 14.2. The Balaban J connectivity index is 1.98. The van der Waals surface area contributed by atoms with E-state index in [0.29, 0.717) is 5.56 Å². The summed E-state index contributed by atoms with van der Waals surface area (Å²) in [5.74, 6) is 0. The highest BCUT2D eigenvalue weighted by atomic mass is 28.3. The van der Waals surface area contributed by atoms with Gasteiger partial charge in [-0.05, 0) is 56.9 Å². The summed E-state index contributed by atoms with van der Waals surface area (Å²) >= 11 is 0. The van der Waals surface area contributed by atoms with Crippen LogP contribution in [0.25, 0.3) is 6.08 Å². The van der Waals surface area contributed by atoms with Crippen LogP contribution >= 0.6 is 0 Å². The smallest absolute Gasteiger partial charge is 0.400 e. The van der Waals surface area contributed by atoms with Crippen LogP contribution in [0.1, 0.15) is 38.8 Å². The van der Waals surface area contributed by atoms with Gasteiger partial charge in [0.05, 0.1) is 24.8 Å². The van der Waals surface area contributed by atoms with Crippen molar-refractivity contribution in [2.24, 2.45) is 0 Å². The molecule has 3 rings (SSSR count). The largest absolute Gasteiger partial charge is 0.490 e. The fraction of sp³-hybridized carbons (Fsp3) is 0.417. The Morgan fingerprint density at radius 1 is 0.903 bits per heavy atom. The zero-order chi connectivity index (χ0) is 23.1. The Kier molecular flexibility index (Phi) is 6.35. The van der Waals surface area contributed by atoms with E-state index in [1.807, 2.05) is 52.0 Å². The van der Waals surface area contributed by atoms with Crippen LogP contribution in [-0.2, 0) is 15.5 Å². The van der Waals surface area contributed by atoms with Gasteiger partial charge in [0.25, 0.3) is 0 Å². The molecule has 31 heavy (non-hydrogen) atoms. The van der Waals surface area contributed by atoms with Gasteiger partial charge >= 0.3 is 13.3 Å². The Labute approximate surface area is 184 Å². The van der Waals surface area contributed by atoms with Crippen LogP contribution in [0.3, 0.4) is 0 Å². The van der Waals surface area contributed by atoms with Crippen LogP contribution in [0.5, 0.6) is 0 Å². The minimum Gasteiger partial charge on any atom is -0.400 e. The molecule has 0 bridgehead atoms. The third-order valence-electron chi connectivity index (χ3n) is 6.35. The van der Waals surface area contributed by atoms with Crippen molar-refractivity contribution < 1.29 is 22.5 Å². The summed E-state index contributed by atoms with van der Waals surface area (Å²) in [6, 6.07) is 16.4. The normalized spacial score (nSPS) is 19.0. The van der Waals surface area contributed by atoms with Crippen molar-refractivity contribution in [1.82, 2.24) is 0 Å². The summed E-state index contributed by atoms with van der Waals surface area (Å²) in [6.07, 6.45) is -2.42. The lowest BCUT2D eigenvalue weighted by Gasteiger charge is -2.32. The van der Waals surface area contributed by atoms with Gasteiger partial charge in [-0.25, -0.2) is 0 Å². The molecular weight excluding hydrogens is 416 g/mol. The van der Waals surface area contributed by atoms with Gasteiger partial charge in [-0.3, -0.25) is 0 Å². The Bertz CT molecular complexity index is 920. The first kappa shape index (κ1) is 23.8. The third-order valence-corrected chi connectivity index (χ3v) is 9.54. The van der Waals surface area contributed by atoms with Crippen molar-refractivity contribution in [2.75, 3.05) is 0 Å². The van der Waals surface area contributed by atoms with E-state index in [1.54, 1.807) is 0 Å². The molecule has 166 valence electrons. The molecule has 0 aromatic heterocycles. The van der Waals surface area contributed by atoms with Crippen molar-refractivity contribution in [3.05, 3.63) is 71.2 Å². The first-order valence-electron chi connectivity index (χ1n) is 10.5. The molecule has 2 aromatic carbocycles. The van der Waals surface area contributed by atoms with Gasteiger partial charge in [-0.15, -0.1) is 0 Å². The number of alkyl halides is 3. The summed E-state index contributed by atoms with van der Waals surface area (Å²) in [5.41, 5.74) is 0.0281. The Morgan fingerprint density at radius 2 is 1.42 bits per heavy atom. The maximum atomic E-state index is 13.0. The highest BCUT2D eigenvalue weighted by Crippen LogP contribution is 2.40. The van der Waals surface area contributed by atoms with Crippen molar-refractivity contribution in [1.29, 1.82) is 0 Å². The number of benzene rings is 2. The van der Waals surface area contributed by atoms with Gasteiger partial charge in [0, 0.05) is 0 Å². The molecule has 7 heteroatoms. The summed E-state index contributed by atoms with van der Waals surface area (Å²) in [5, 5.41) is 1.31. The van der Waals surface area contributed by atoms with Crippen LogP contribution in [0.2, 0.25) is 19.1 Å². The van der Waals surface area contributed by atoms with Crippen LogP contribution in [-0.4, -0.2) is 26.4 Å². The maximum absolute atomic E-state index is 13.0. The maximum Gasteiger partial charge on any atom is 0.490 e. The second-order valence-electron chi connectivity index (χ2n) is 9.85. The molecule has 0 radical (unpaired) electrons. The van der Waals surface area contributed by atoms with Crippen LogP contribution in [0, 0.1) is 0 Å². The molecule has 0 saturated carbocycles. The highest BCUT2D eigenvalue weighted by Gasteiger charge is 2.52. The zero-order valence-corrected chi connectivity index (χ0v) is 20.0. The number of hydrogen-bond donors (Lipinski definition) is 0. The fourth-order valence-corrected chi connectivity index (χ4v) is 6.27. The van der Waals surface area contributed by atoms with Crippen molar-refractivity contribution in [3.8, 4) is 0 Å². The number of allylic oxidation sites excluding steroid dienone is 1. The van der Waals surface area contributed by atoms with Gasteiger partial charge in [-0.2, -0.15) is 13.2 Å². The molecule has 1 aliphatic heterocycles. The molecule has 0 N–H and O–H groups in total. The molecule has 1 aliphatic rings. The lowest BCUT2D eigenvalue weighted by Crippen LogP contribution is -2.43. The predicted octanol–water partition coefficient (Wildman–Crippen LogP) is 6.34. The average molecular weight is 446 g/mol. The molecule has 0 atom stereocenters. The van der Waals surface area contributed by atoms with Gasteiger partial charge < -0.3 is 9.31 Å². The van der Waals surface area contributed by atoms with E-state index in [2.05, 4.69) is 25.2 Å². The van der Waals surface area contributed by atoms with Crippen molar-refractivity contribution in [3.63, 3.8) is 0 Å². The minimum atomic E-state index is -4.35. The van der Waals surface area contributed by atoms with E-state index in [-0.39, 0.29) is 0 Å². The van der Waals surface area contributed by atoms with E-state index >= 15 is 0 Å². The standard InChI is InChI=1S/C24H30BF3O2Si/c1-22(2)23(3,4)30-25(29-22)20(17-31(5,6)21-10-8-7-9-11-21)16-18-12-14-19(15-13-18)24(26,27)28/h7-16H,17H2,1-6H3/b20-16-. The van der Waals surface area contributed by atoms with Crippen LogP contribution < -0.4 is 5.19 Å². The third kappa shape index (κ3) is 5.33. The Morgan fingerprint density at radius 3 is 1.90 bits per heavy atom. The topological polar surface area (TPSA) is 18.5 Å².